The van der Waals surface area contributed by atoms with Crippen molar-refractivity contribution in [1.29, 1.82) is 0 Å². The van der Waals surface area contributed by atoms with Crippen LogP contribution in [0.25, 0.3) is 0 Å². The maximum absolute atomic E-state index is 5.89. The number of ether oxygens (including phenoxy) is 2. The molecule has 0 saturated heterocycles. The highest BCUT2D eigenvalue weighted by Crippen LogP contribution is 2.38. The zero-order valence-corrected chi connectivity index (χ0v) is 12.8. The zero-order valence-electron chi connectivity index (χ0n) is 12.8. The Bertz CT molecular complexity index is 367. The summed E-state index contributed by atoms with van der Waals surface area (Å²) in [5.74, 6) is 0.914. The van der Waals surface area contributed by atoms with Crippen molar-refractivity contribution in [2.24, 2.45) is 0 Å². The molecule has 108 valence electrons. The number of likely N-dealkylation sites (N-methyl/N-ethyl adjacent to an activating group) is 1. The van der Waals surface area contributed by atoms with Gasteiger partial charge < -0.3 is 14.8 Å². The summed E-state index contributed by atoms with van der Waals surface area (Å²) in [7, 11) is 3.51. The topological polar surface area (TPSA) is 30.5 Å². The highest BCUT2D eigenvalue weighted by molar-refractivity contribution is 5.37. The van der Waals surface area contributed by atoms with E-state index in [1.54, 1.807) is 14.2 Å². The molecule has 1 N–H and O–H groups in total. The first-order valence-electron chi connectivity index (χ1n) is 7.10. The molecule has 0 fully saturated rings. The number of hydrogen-bond donors (Lipinski definition) is 1. The van der Waals surface area contributed by atoms with E-state index >= 15 is 0 Å². The van der Waals surface area contributed by atoms with E-state index in [-0.39, 0.29) is 11.6 Å². The lowest BCUT2D eigenvalue weighted by Gasteiger charge is -2.39. The summed E-state index contributed by atoms with van der Waals surface area (Å²) in [6.07, 6.45) is 1.91. The van der Waals surface area contributed by atoms with Gasteiger partial charge in [-0.25, -0.2) is 0 Å². The minimum Gasteiger partial charge on any atom is -0.496 e. The van der Waals surface area contributed by atoms with Crippen molar-refractivity contribution in [2.75, 3.05) is 20.8 Å². The van der Waals surface area contributed by atoms with E-state index in [9.17, 15) is 0 Å². The van der Waals surface area contributed by atoms with Gasteiger partial charge in [0, 0.05) is 12.7 Å². The molecule has 3 heteroatoms. The Morgan fingerprint density at radius 2 is 1.74 bits per heavy atom. The number of methoxy groups -OCH3 is 2. The van der Waals surface area contributed by atoms with Crippen LogP contribution in [0.3, 0.4) is 0 Å². The van der Waals surface area contributed by atoms with Crippen LogP contribution in [0.1, 0.15) is 45.2 Å². The molecule has 1 rings (SSSR count). The zero-order chi connectivity index (χ0) is 14.3. The van der Waals surface area contributed by atoms with Crippen molar-refractivity contribution < 1.29 is 9.47 Å². The van der Waals surface area contributed by atoms with E-state index in [1.165, 1.54) is 0 Å². The largest absolute Gasteiger partial charge is 0.496 e. The first-order chi connectivity index (χ1) is 9.18. The van der Waals surface area contributed by atoms with Gasteiger partial charge >= 0.3 is 0 Å². The Hall–Kier alpha value is -1.06. The molecular weight excluding hydrogens is 238 g/mol. The maximum atomic E-state index is 5.89. The van der Waals surface area contributed by atoms with Crippen LogP contribution < -0.4 is 10.1 Å². The van der Waals surface area contributed by atoms with E-state index in [2.05, 4.69) is 32.2 Å². The van der Waals surface area contributed by atoms with Crippen LogP contribution in [0.5, 0.6) is 5.75 Å². The monoisotopic (exact) mass is 265 g/mol. The van der Waals surface area contributed by atoms with Gasteiger partial charge in [-0.15, -0.1) is 0 Å². The van der Waals surface area contributed by atoms with Gasteiger partial charge in [0.15, 0.2) is 0 Å². The minimum atomic E-state index is -0.204. The summed E-state index contributed by atoms with van der Waals surface area (Å²) < 4.78 is 11.4. The second kappa shape index (κ2) is 7.51. The number of nitrogens with one attached hydrogen (secondary N) is 1. The van der Waals surface area contributed by atoms with Crippen LogP contribution in [0, 0.1) is 0 Å². The third kappa shape index (κ3) is 3.28. The van der Waals surface area contributed by atoms with Crippen molar-refractivity contribution in [3.8, 4) is 5.75 Å². The van der Waals surface area contributed by atoms with E-state index < -0.39 is 0 Å². The molecular formula is C16H27NO2. The molecule has 0 bridgehead atoms. The van der Waals surface area contributed by atoms with Crippen LogP contribution in [0.2, 0.25) is 0 Å². The first kappa shape index (κ1) is 16.0. The summed E-state index contributed by atoms with van der Waals surface area (Å²) in [4.78, 5) is 0. The molecule has 1 aromatic carbocycles. The van der Waals surface area contributed by atoms with E-state index in [1.807, 2.05) is 18.2 Å². The van der Waals surface area contributed by atoms with Gasteiger partial charge in [0.2, 0.25) is 0 Å². The lowest BCUT2D eigenvalue weighted by Crippen LogP contribution is -2.45. The van der Waals surface area contributed by atoms with Crippen LogP contribution in [-0.4, -0.2) is 26.4 Å². The van der Waals surface area contributed by atoms with Crippen molar-refractivity contribution in [3.63, 3.8) is 0 Å². The number of benzene rings is 1. The molecule has 0 amide bonds. The molecule has 0 aromatic heterocycles. The quantitative estimate of drug-likeness (QED) is 0.779. The van der Waals surface area contributed by atoms with Gasteiger partial charge in [-0.1, -0.05) is 39.0 Å². The van der Waals surface area contributed by atoms with Gasteiger partial charge in [-0.05, 0) is 25.5 Å². The fourth-order valence-corrected chi connectivity index (χ4v) is 2.75. The molecule has 1 unspecified atom stereocenters. The lowest BCUT2D eigenvalue weighted by molar-refractivity contribution is -0.0487. The van der Waals surface area contributed by atoms with Crippen molar-refractivity contribution in [2.45, 2.75) is 45.3 Å². The third-order valence-corrected chi connectivity index (χ3v) is 3.99. The number of rotatable bonds is 8. The van der Waals surface area contributed by atoms with Crippen molar-refractivity contribution >= 4 is 0 Å². The Morgan fingerprint density at radius 1 is 1.11 bits per heavy atom. The van der Waals surface area contributed by atoms with Crippen LogP contribution >= 0.6 is 0 Å². The number of para-hydroxylation sites is 1. The third-order valence-electron chi connectivity index (χ3n) is 3.99. The predicted octanol–water partition coefficient (Wildman–Crippen LogP) is 3.55. The average molecular weight is 265 g/mol. The Balaban J connectivity index is 3.25. The van der Waals surface area contributed by atoms with Crippen molar-refractivity contribution in [3.05, 3.63) is 29.8 Å². The van der Waals surface area contributed by atoms with Crippen LogP contribution in [0.4, 0.5) is 0 Å². The molecule has 19 heavy (non-hydrogen) atoms. The van der Waals surface area contributed by atoms with Gasteiger partial charge in [0.25, 0.3) is 0 Å². The summed E-state index contributed by atoms with van der Waals surface area (Å²) in [5, 5.41) is 3.56. The standard InChI is InChI=1S/C16H27NO2/c1-6-16(7-2,19-5)15(17-8-3)13-11-9-10-12-14(13)18-4/h9-12,15,17H,6-8H2,1-5H3. The van der Waals surface area contributed by atoms with Gasteiger partial charge in [-0.3, -0.25) is 0 Å². The molecule has 0 spiro atoms. The highest BCUT2D eigenvalue weighted by atomic mass is 16.5. The van der Waals surface area contributed by atoms with Gasteiger partial charge in [0.1, 0.15) is 5.75 Å². The summed E-state index contributed by atoms with van der Waals surface area (Å²) in [6, 6.07) is 8.30. The smallest absolute Gasteiger partial charge is 0.123 e. The molecule has 0 heterocycles. The van der Waals surface area contributed by atoms with Crippen LogP contribution in [0.15, 0.2) is 24.3 Å². The fourth-order valence-electron chi connectivity index (χ4n) is 2.75. The van der Waals surface area contributed by atoms with E-state index in [0.717, 1.165) is 30.7 Å². The Morgan fingerprint density at radius 3 is 2.21 bits per heavy atom. The highest BCUT2D eigenvalue weighted by Gasteiger charge is 2.37. The van der Waals surface area contributed by atoms with Gasteiger partial charge in [0.05, 0.1) is 18.8 Å². The second-order valence-electron chi connectivity index (χ2n) is 4.71. The average Bonchev–Trinajstić information content (AvgIpc) is 2.48. The molecule has 1 aromatic rings. The predicted molar refractivity (Wildman–Crippen MR) is 79.7 cm³/mol. The molecule has 0 radical (unpaired) electrons. The molecule has 0 aliphatic heterocycles. The fraction of sp³-hybridized carbons (Fsp3) is 0.625. The first-order valence-corrected chi connectivity index (χ1v) is 7.10. The van der Waals surface area contributed by atoms with E-state index in [4.69, 9.17) is 9.47 Å². The molecule has 0 aliphatic carbocycles. The minimum absolute atomic E-state index is 0.133. The lowest BCUT2D eigenvalue weighted by atomic mass is 9.83. The molecule has 3 nitrogen and oxygen atoms in total. The van der Waals surface area contributed by atoms with Crippen molar-refractivity contribution in [1.82, 2.24) is 5.32 Å². The molecule has 1 atom stereocenters. The van der Waals surface area contributed by atoms with E-state index in [0.29, 0.717) is 0 Å². The maximum Gasteiger partial charge on any atom is 0.123 e. The molecule has 0 saturated carbocycles. The Kier molecular flexibility index (Phi) is 6.32. The molecule has 0 aliphatic rings. The van der Waals surface area contributed by atoms with Gasteiger partial charge in [-0.2, -0.15) is 0 Å². The second-order valence-corrected chi connectivity index (χ2v) is 4.71. The summed E-state index contributed by atoms with van der Waals surface area (Å²) in [6.45, 7) is 7.36. The Labute approximate surface area is 117 Å². The summed E-state index contributed by atoms with van der Waals surface area (Å²) in [5.41, 5.74) is 0.961. The SMILES string of the molecule is CCNC(c1ccccc1OC)C(CC)(CC)OC. The number of hydrogen-bond acceptors (Lipinski definition) is 3. The van der Waals surface area contributed by atoms with Crippen LogP contribution in [-0.2, 0) is 4.74 Å². The normalized spacial score (nSPS) is 13.3. The summed E-state index contributed by atoms with van der Waals surface area (Å²) >= 11 is 0.